The summed E-state index contributed by atoms with van der Waals surface area (Å²) >= 11 is 8.80. The van der Waals surface area contributed by atoms with Gasteiger partial charge in [0.2, 0.25) is 5.91 Å². The second kappa shape index (κ2) is 15.7. The number of amides is 3. The van der Waals surface area contributed by atoms with Gasteiger partial charge in [-0.3, -0.25) is 14.4 Å². The molecule has 0 saturated carbocycles. The number of methoxy groups -OCH3 is 1. The van der Waals surface area contributed by atoms with Crippen molar-refractivity contribution in [1.82, 2.24) is 10.3 Å². The fourth-order valence-electron chi connectivity index (χ4n) is 4.78. The van der Waals surface area contributed by atoms with E-state index in [1.54, 1.807) is 73.8 Å². The standard InChI is InChI=1S/C38H29ClN4O4S2/c1-47-29-18-21-31-33(23-29)49-38(42-31)43-37(46)34(25-8-4-2-5-9-25)48-30-19-16-28(17-20-30)40-36(45)32(22-24-12-14-27(39)15-13-24)41-35(44)26-10-6-3-7-11-26/h2-23,34H,1H3,(H,40,45)(H,41,44)(H,42,43,46)/b32-22-. The Hall–Kier alpha value is -5.42. The van der Waals surface area contributed by atoms with Gasteiger partial charge in [-0.25, -0.2) is 4.98 Å². The van der Waals surface area contributed by atoms with Gasteiger partial charge in [0, 0.05) is 21.2 Å². The van der Waals surface area contributed by atoms with E-state index in [0.717, 1.165) is 26.4 Å². The lowest BCUT2D eigenvalue weighted by Gasteiger charge is -2.16. The van der Waals surface area contributed by atoms with Crippen LogP contribution in [-0.4, -0.2) is 29.8 Å². The van der Waals surface area contributed by atoms with Gasteiger partial charge >= 0.3 is 0 Å². The number of hydrogen-bond donors (Lipinski definition) is 3. The molecule has 0 fully saturated rings. The van der Waals surface area contributed by atoms with Crippen molar-refractivity contribution < 1.29 is 19.1 Å². The summed E-state index contributed by atoms with van der Waals surface area (Å²) in [5.41, 5.74) is 3.27. The zero-order valence-corrected chi connectivity index (χ0v) is 28.4. The molecule has 5 aromatic carbocycles. The van der Waals surface area contributed by atoms with Crippen LogP contribution < -0.4 is 20.7 Å². The highest BCUT2D eigenvalue weighted by Crippen LogP contribution is 2.38. The molecular formula is C38H29ClN4O4S2. The highest BCUT2D eigenvalue weighted by Gasteiger charge is 2.24. The first-order chi connectivity index (χ1) is 23.8. The van der Waals surface area contributed by atoms with Gasteiger partial charge in [0.25, 0.3) is 11.8 Å². The van der Waals surface area contributed by atoms with Crippen molar-refractivity contribution in [1.29, 1.82) is 0 Å². The molecule has 0 spiro atoms. The molecule has 1 atom stereocenters. The molecule has 3 amide bonds. The molecule has 3 N–H and O–H groups in total. The first-order valence-corrected chi connectivity index (χ1v) is 17.1. The van der Waals surface area contributed by atoms with Gasteiger partial charge in [-0.1, -0.05) is 83.6 Å². The number of thiazole rings is 1. The van der Waals surface area contributed by atoms with Crippen molar-refractivity contribution in [3.63, 3.8) is 0 Å². The molecule has 0 bridgehead atoms. The van der Waals surface area contributed by atoms with Crippen molar-refractivity contribution in [2.45, 2.75) is 10.1 Å². The normalized spacial score (nSPS) is 11.8. The zero-order valence-electron chi connectivity index (χ0n) is 26.1. The first-order valence-electron chi connectivity index (χ1n) is 15.1. The van der Waals surface area contributed by atoms with Crippen molar-refractivity contribution in [2.24, 2.45) is 0 Å². The number of rotatable bonds is 11. The number of nitrogens with zero attached hydrogens (tertiary/aromatic N) is 1. The SMILES string of the molecule is COc1ccc2nc(NC(=O)C(Sc3ccc(NC(=O)/C(=C/c4ccc(Cl)cc4)NC(=O)c4ccccc4)cc3)c3ccccc3)sc2c1. The summed E-state index contributed by atoms with van der Waals surface area (Å²) in [6, 6.07) is 37.8. The summed E-state index contributed by atoms with van der Waals surface area (Å²) in [5.74, 6) is -0.420. The molecule has 49 heavy (non-hydrogen) atoms. The van der Waals surface area contributed by atoms with E-state index in [1.807, 2.05) is 66.7 Å². The molecule has 0 aliphatic carbocycles. The Kier molecular flexibility index (Phi) is 10.7. The zero-order chi connectivity index (χ0) is 34.2. The van der Waals surface area contributed by atoms with Crippen LogP contribution >= 0.6 is 34.7 Å². The van der Waals surface area contributed by atoms with Crippen LogP contribution in [0.3, 0.4) is 0 Å². The Labute approximate surface area is 296 Å². The van der Waals surface area contributed by atoms with Crippen LogP contribution in [0.15, 0.2) is 138 Å². The van der Waals surface area contributed by atoms with Gasteiger partial charge in [0.1, 0.15) is 16.7 Å². The molecule has 1 heterocycles. The summed E-state index contributed by atoms with van der Waals surface area (Å²) in [6.07, 6.45) is 1.59. The Balaban J connectivity index is 1.18. The number of anilines is 2. The maximum atomic E-state index is 13.7. The third kappa shape index (κ3) is 8.74. The first kappa shape index (κ1) is 33.5. The third-order valence-electron chi connectivity index (χ3n) is 7.24. The Morgan fingerprint density at radius 2 is 1.53 bits per heavy atom. The summed E-state index contributed by atoms with van der Waals surface area (Å²) in [7, 11) is 1.61. The van der Waals surface area contributed by atoms with Crippen molar-refractivity contribution >= 4 is 79.5 Å². The van der Waals surface area contributed by atoms with Crippen molar-refractivity contribution in [3.05, 3.63) is 155 Å². The molecule has 0 saturated heterocycles. The monoisotopic (exact) mass is 704 g/mol. The topological polar surface area (TPSA) is 109 Å². The minimum absolute atomic E-state index is 0.0590. The maximum absolute atomic E-state index is 13.7. The van der Waals surface area contributed by atoms with Crippen LogP contribution in [0.5, 0.6) is 5.75 Å². The molecule has 0 aliphatic heterocycles. The third-order valence-corrected chi connectivity index (χ3v) is 9.69. The maximum Gasteiger partial charge on any atom is 0.272 e. The molecule has 0 radical (unpaired) electrons. The number of ether oxygens (including phenoxy) is 1. The number of fused-ring (bicyclic) bond motifs is 1. The largest absolute Gasteiger partial charge is 0.497 e. The molecule has 244 valence electrons. The predicted molar refractivity (Wildman–Crippen MR) is 198 cm³/mol. The Morgan fingerprint density at radius 1 is 0.837 bits per heavy atom. The van der Waals surface area contributed by atoms with Crippen LogP contribution in [0.25, 0.3) is 16.3 Å². The summed E-state index contributed by atoms with van der Waals surface area (Å²) in [4.78, 5) is 45.5. The lowest BCUT2D eigenvalue weighted by atomic mass is 10.1. The Bertz CT molecular complexity index is 2120. The number of hydrogen-bond acceptors (Lipinski definition) is 7. The van der Waals surface area contributed by atoms with E-state index in [2.05, 4.69) is 20.9 Å². The average Bonchev–Trinajstić information content (AvgIpc) is 3.53. The van der Waals surface area contributed by atoms with Crippen LogP contribution in [0.4, 0.5) is 10.8 Å². The van der Waals surface area contributed by atoms with Crippen LogP contribution in [0.2, 0.25) is 5.02 Å². The van der Waals surface area contributed by atoms with Crippen LogP contribution in [-0.2, 0) is 9.59 Å². The summed E-state index contributed by atoms with van der Waals surface area (Å²) in [5, 5.41) is 9.06. The van der Waals surface area contributed by atoms with E-state index in [1.165, 1.54) is 23.1 Å². The smallest absolute Gasteiger partial charge is 0.272 e. The fourth-order valence-corrected chi connectivity index (χ4v) is 6.82. The predicted octanol–water partition coefficient (Wildman–Crippen LogP) is 8.84. The van der Waals surface area contributed by atoms with Gasteiger partial charge in [-0.05, 0) is 83.9 Å². The minimum atomic E-state index is -0.578. The number of halogens is 1. The quantitative estimate of drug-likeness (QED) is 0.0919. The second-order valence-electron chi connectivity index (χ2n) is 10.7. The molecule has 1 unspecified atom stereocenters. The number of carbonyl (C=O) groups excluding carboxylic acids is 3. The van der Waals surface area contributed by atoms with E-state index >= 15 is 0 Å². The molecule has 0 aliphatic rings. The molecule has 6 rings (SSSR count). The van der Waals surface area contributed by atoms with Gasteiger partial charge < -0.3 is 20.7 Å². The van der Waals surface area contributed by atoms with Gasteiger partial charge in [-0.2, -0.15) is 0 Å². The van der Waals surface area contributed by atoms with E-state index in [9.17, 15) is 14.4 Å². The average molecular weight is 705 g/mol. The highest BCUT2D eigenvalue weighted by atomic mass is 35.5. The van der Waals surface area contributed by atoms with E-state index < -0.39 is 17.1 Å². The van der Waals surface area contributed by atoms with Crippen LogP contribution in [0.1, 0.15) is 26.7 Å². The molecule has 8 nitrogen and oxygen atoms in total. The van der Waals surface area contributed by atoms with Crippen LogP contribution in [0, 0.1) is 0 Å². The lowest BCUT2D eigenvalue weighted by Crippen LogP contribution is -2.30. The Morgan fingerprint density at radius 3 is 2.22 bits per heavy atom. The van der Waals surface area contributed by atoms with Gasteiger partial charge in [0.05, 0.1) is 17.3 Å². The van der Waals surface area contributed by atoms with Gasteiger partial charge in [-0.15, -0.1) is 11.8 Å². The van der Waals surface area contributed by atoms with Crippen molar-refractivity contribution in [2.75, 3.05) is 17.7 Å². The number of aromatic nitrogens is 1. The van der Waals surface area contributed by atoms with E-state index in [4.69, 9.17) is 16.3 Å². The highest BCUT2D eigenvalue weighted by molar-refractivity contribution is 8.00. The molecule has 11 heteroatoms. The second-order valence-corrected chi connectivity index (χ2v) is 13.3. The van der Waals surface area contributed by atoms with Crippen molar-refractivity contribution in [3.8, 4) is 5.75 Å². The van der Waals surface area contributed by atoms with E-state index in [0.29, 0.717) is 27.0 Å². The number of benzene rings is 5. The lowest BCUT2D eigenvalue weighted by molar-refractivity contribution is -0.116. The number of nitrogens with one attached hydrogen (secondary N) is 3. The molecule has 1 aromatic heterocycles. The summed E-state index contributed by atoms with van der Waals surface area (Å²) in [6.45, 7) is 0. The summed E-state index contributed by atoms with van der Waals surface area (Å²) < 4.78 is 6.22. The minimum Gasteiger partial charge on any atom is -0.497 e. The van der Waals surface area contributed by atoms with E-state index in [-0.39, 0.29) is 11.6 Å². The van der Waals surface area contributed by atoms with Gasteiger partial charge in [0.15, 0.2) is 5.13 Å². The molecular weight excluding hydrogens is 676 g/mol. The molecule has 6 aromatic rings. The fraction of sp³-hybridized carbons (Fsp3) is 0.0526. The number of carbonyl (C=O) groups is 3. The number of thioether (sulfide) groups is 1.